The second kappa shape index (κ2) is 10.4. The predicted molar refractivity (Wildman–Crippen MR) is 92.5 cm³/mol. The van der Waals surface area contributed by atoms with Crippen LogP contribution in [-0.2, 0) is 0 Å². The van der Waals surface area contributed by atoms with Crippen LogP contribution in [0.5, 0.6) is 0 Å². The Bertz CT molecular complexity index is 418. The van der Waals surface area contributed by atoms with Crippen molar-refractivity contribution < 1.29 is 0 Å². The van der Waals surface area contributed by atoms with E-state index in [0.717, 1.165) is 17.7 Å². The molecule has 1 aromatic rings. The van der Waals surface area contributed by atoms with Crippen molar-refractivity contribution >= 4 is 35.0 Å². The van der Waals surface area contributed by atoms with E-state index >= 15 is 0 Å². The lowest BCUT2D eigenvalue weighted by Gasteiger charge is -2.11. The molecule has 0 spiro atoms. The van der Waals surface area contributed by atoms with Crippen molar-refractivity contribution in [1.82, 2.24) is 0 Å². The van der Waals surface area contributed by atoms with Crippen LogP contribution in [0.2, 0.25) is 0 Å². The second-order valence-corrected chi connectivity index (χ2v) is 7.81. The maximum Gasteiger partial charge on any atom is 0.228 e. The molecule has 0 nitrogen and oxygen atoms in total. The minimum Gasteiger partial charge on any atom is -0.0992 e. The molecule has 0 radical (unpaired) electrons. The van der Waals surface area contributed by atoms with Gasteiger partial charge in [0.1, 0.15) is 0 Å². The highest BCUT2D eigenvalue weighted by molar-refractivity contribution is 8.03. The first-order valence-corrected chi connectivity index (χ1v) is 8.83. The van der Waals surface area contributed by atoms with Crippen LogP contribution in [-0.4, -0.2) is 3.67 Å². The van der Waals surface area contributed by atoms with E-state index in [1.807, 2.05) is 30.3 Å². The van der Waals surface area contributed by atoms with Crippen LogP contribution in [0, 0.1) is 11.8 Å². The van der Waals surface area contributed by atoms with Gasteiger partial charge in [0.25, 0.3) is 0 Å². The van der Waals surface area contributed by atoms with Crippen LogP contribution < -0.4 is 0 Å². The van der Waals surface area contributed by atoms with Gasteiger partial charge in [-0.15, -0.1) is 0 Å². The van der Waals surface area contributed by atoms with Crippen LogP contribution in [0.3, 0.4) is 0 Å². The summed E-state index contributed by atoms with van der Waals surface area (Å²) >= 11 is 13.8. The van der Waals surface area contributed by atoms with Crippen molar-refractivity contribution in [2.75, 3.05) is 0 Å². The average molecular weight is 329 g/mol. The molecule has 0 aromatic heterocycles. The Kier molecular flexibility index (Phi) is 9.27. The van der Waals surface area contributed by atoms with Crippen molar-refractivity contribution in [3.8, 4) is 11.8 Å². The Morgan fingerprint density at radius 2 is 1.65 bits per heavy atom. The van der Waals surface area contributed by atoms with Crippen molar-refractivity contribution in [3.05, 3.63) is 30.3 Å². The zero-order valence-corrected chi connectivity index (χ0v) is 14.3. The lowest BCUT2D eigenvalue weighted by atomic mass is 10.1. The molecule has 0 N–H and O–H groups in total. The first kappa shape index (κ1) is 17.8. The van der Waals surface area contributed by atoms with E-state index in [0.29, 0.717) is 0 Å². The minimum absolute atomic E-state index is 0.878. The van der Waals surface area contributed by atoms with Crippen LogP contribution in [0.1, 0.15) is 51.9 Å². The summed E-state index contributed by atoms with van der Waals surface area (Å²) in [6.07, 6.45) is 8.53. The van der Waals surface area contributed by atoms with Gasteiger partial charge in [-0.2, -0.15) is 0 Å². The van der Waals surface area contributed by atoms with Crippen molar-refractivity contribution in [3.63, 3.8) is 0 Å². The quantitative estimate of drug-likeness (QED) is 0.222. The minimum atomic E-state index is -1.05. The lowest BCUT2D eigenvalue weighted by Crippen LogP contribution is -2.02. The van der Waals surface area contributed by atoms with Crippen molar-refractivity contribution in [2.24, 2.45) is 0 Å². The molecule has 0 aliphatic heterocycles. The third kappa shape index (κ3) is 8.80. The highest BCUT2D eigenvalue weighted by Crippen LogP contribution is 2.39. The summed E-state index contributed by atoms with van der Waals surface area (Å²) < 4.78 is -1.05. The zero-order chi connectivity index (χ0) is 14.7. The summed E-state index contributed by atoms with van der Waals surface area (Å²) in [6.45, 7) is 2.23. The van der Waals surface area contributed by atoms with Gasteiger partial charge in [0.05, 0.1) is 0 Å². The predicted octanol–water partition coefficient (Wildman–Crippen LogP) is 6.66. The number of rotatable bonds is 8. The van der Waals surface area contributed by atoms with E-state index in [1.165, 1.54) is 43.9 Å². The van der Waals surface area contributed by atoms with E-state index < -0.39 is 3.67 Å². The molecular formula is C17H22Cl2S. The summed E-state index contributed by atoms with van der Waals surface area (Å²) in [4.78, 5) is 1.03. The largest absolute Gasteiger partial charge is 0.228 e. The van der Waals surface area contributed by atoms with Gasteiger partial charge in [0, 0.05) is 11.3 Å². The number of hydrogen-bond donors (Lipinski definition) is 0. The van der Waals surface area contributed by atoms with E-state index in [9.17, 15) is 0 Å². The highest BCUT2D eigenvalue weighted by atomic mass is 35.5. The van der Waals surface area contributed by atoms with Gasteiger partial charge in [-0.1, -0.05) is 104 Å². The number of halogens is 2. The lowest BCUT2D eigenvalue weighted by molar-refractivity contribution is 0.614. The Morgan fingerprint density at radius 3 is 2.35 bits per heavy atom. The fourth-order valence-electron chi connectivity index (χ4n) is 1.82. The van der Waals surface area contributed by atoms with Gasteiger partial charge in [-0.25, -0.2) is 0 Å². The Balaban J connectivity index is 2.23. The van der Waals surface area contributed by atoms with Crippen molar-refractivity contribution in [1.29, 1.82) is 0 Å². The molecule has 0 saturated carbocycles. The Morgan fingerprint density at radius 1 is 1.00 bits per heavy atom. The standard InChI is InChI=1S/C17H22Cl2S/c1-2-3-4-5-6-7-8-12-15-17(18,19)20-16-13-10-9-11-14-16/h9-11,13-14H,2-8H2,1H3. The smallest absolute Gasteiger partial charge is 0.0992 e. The second-order valence-electron chi connectivity index (χ2n) is 4.75. The molecule has 0 heterocycles. The SMILES string of the molecule is CCCCCCCCC#CC(Cl)(Cl)Sc1ccccc1. The maximum atomic E-state index is 6.21. The van der Waals surface area contributed by atoms with E-state index in [1.54, 1.807) is 0 Å². The van der Waals surface area contributed by atoms with Crippen LogP contribution in [0.15, 0.2) is 35.2 Å². The third-order valence-electron chi connectivity index (χ3n) is 2.88. The zero-order valence-electron chi connectivity index (χ0n) is 12.0. The average Bonchev–Trinajstić information content (AvgIpc) is 2.42. The van der Waals surface area contributed by atoms with Gasteiger partial charge in [-0.3, -0.25) is 0 Å². The van der Waals surface area contributed by atoms with Gasteiger partial charge in [0.15, 0.2) is 0 Å². The highest BCUT2D eigenvalue weighted by Gasteiger charge is 2.22. The monoisotopic (exact) mass is 328 g/mol. The molecular weight excluding hydrogens is 307 g/mol. The molecule has 20 heavy (non-hydrogen) atoms. The van der Waals surface area contributed by atoms with Crippen LogP contribution in [0.4, 0.5) is 0 Å². The van der Waals surface area contributed by atoms with Crippen LogP contribution in [0.25, 0.3) is 0 Å². The summed E-state index contributed by atoms with van der Waals surface area (Å²) in [5, 5.41) is 0. The molecule has 110 valence electrons. The molecule has 0 unspecified atom stereocenters. The molecule has 0 saturated heterocycles. The number of thioether (sulfide) groups is 1. The van der Waals surface area contributed by atoms with Crippen LogP contribution >= 0.6 is 35.0 Å². The number of hydrogen-bond acceptors (Lipinski definition) is 1. The molecule has 0 fully saturated rings. The third-order valence-corrected chi connectivity index (χ3v) is 4.40. The topological polar surface area (TPSA) is 0 Å². The van der Waals surface area contributed by atoms with Gasteiger partial charge >= 0.3 is 0 Å². The summed E-state index contributed by atoms with van der Waals surface area (Å²) in [6, 6.07) is 9.88. The maximum absolute atomic E-state index is 6.21. The first-order chi connectivity index (χ1) is 9.64. The number of benzene rings is 1. The first-order valence-electron chi connectivity index (χ1n) is 7.26. The summed E-state index contributed by atoms with van der Waals surface area (Å²) in [5.41, 5.74) is 0. The fraction of sp³-hybridized carbons (Fsp3) is 0.529. The molecule has 0 amide bonds. The Labute approximate surface area is 137 Å². The summed E-state index contributed by atoms with van der Waals surface area (Å²) in [7, 11) is 0. The molecule has 3 heteroatoms. The Hall–Kier alpha value is -0.290. The fourth-order valence-corrected chi connectivity index (χ4v) is 3.20. The molecule has 0 bridgehead atoms. The van der Waals surface area contributed by atoms with Gasteiger partial charge in [0.2, 0.25) is 3.67 Å². The number of unbranched alkanes of at least 4 members (excludes halogenated alkanes) is 6. The van der Waals surface area contributed by atoms with E-state index in [2.05, 4.69) is 18.8 Å². The van der Waals surface area contributed by atoms with E-state index in [-0.39, 0.29) is 0 Å². The summed E-state index contributed by atoms with van der Waals surface area (Å²) in [5.74, 6) is 6.06. The molecule has 0 aliphatic rings. The van der Waals surface area contributed by atoms with E-state index in [4.69, 9.17) is 23.2 Å². The van der Waals surface area contributed by atoms with Gasteiger partial charge < -0.3 is 0 Å². The molecule has 0 aliphatic carbocycles. The number of alkyl halides is 2. The molecule has 1 aromatic carbocycles. The molecule has 0 atom stereocenters. The van der Waals surface area contributed by atoms with Crippen molar-refractivity contribution in [2.45, 2.75) is 60.4 Å². The van der Waals surface area contributed by atoms with Gasteiger partial charge in [-0.05, 0) is 18.6 Å². The normalized spacial score (nSPS) is 10.9. The molecule has 1 rings (SSSR count).